The Morgan fingerprint density at radius 3 is 2.75 bits per heavy atom. The quantitative estimate of drug-likeness (QED) is 0.485. The number of hydrogen-bond acceptors (Lipinski definition) is 2. The second-order valence-electron chi connectivity index (χ2n) is 2.01. The summed E-state index contributed by atoms with van der Waals surface area (Å²) in [5.41, 5.74) is 0.0241. The third kappa shape index (κ3) is 1.24. The standard InChI is InChI=1S/C8H4Cl2N2/c9-7-5-3-1-2-4-6(5)11-8(10)12-7/h1-4H/i1D,2D,3D,4D. The summed E-state index contributed by atoms with van der Waals surface area (Å²) in [5.74, 6) is 0. The molecular formula is C8H4Cl2N2. The van der Waals surface area contributed by atoms with E-state index in [0.717, 1.165) is 0 Å². The summed E-state index contributed by atoms with van der Waals surface area (Å²) in [7, 11) is 0. The fourth-order valence-corrected chi connectivity index (χ4v) is 1.22. The van der Waals surface area contributed by atoms with Crippen LogP contribution in [0.4, 0.5) is 0 Å². The van der Waals surface area contributed by atoms with Gasteiger partial charge in [0.2, 0.25) is 5.28 Å². The lowest BCUT2D eigenvalue weighted by Gasteiger charge is -1.97. The third-order valence-electron chi connectivity index (χ3n) is 1.27. The van der Waals surface area contributed by atoms with Crippen LogP contribution in [0.15, 0.2) is 24.2 Å². The predicted octanol–water partition coefficient (Wildman–Crippen LogP) is 2.94. The lowest BCUT2D eigenvalue weighted by Crippen LogP contribution is -1.85. The first-order valence-corrected chi connectivity index (χ1v) is 3.78. The molecule has 12 heavy (non-hydrogen) atoms. The van der Waals surface area contributed by atoms with E-state index >= 15 is 0 Å². The van der Waals surface area contributed by atoms with Crippen molar-refractivity contribution in [2.24, 2.45) is 0 Å². The van der Waals surface area contributed by atoms with E-state index < -0.39 is 0 Å². The molecule has 0 bridgehead atoms. The highest BCUT2D eigenvalue weighted by Gasteiger charge is 2.01. The maximum atomic E-state index is 7.64. The Balaban J connectivity index is 3.08. The molecule has 60 valence electrons. The topological polar surface area (TPSA) is 25.8 Å². The fourth-order valence-electron chi connectivity index (χ4n) is 0.793. The van der Waals surface area contributed by atoms with Gasteiger partial charge < -0.3 is 0 Å². The van der Waals surface area contributed by atoms with E-state index in [1.165, 1.54) is 0 Å². The third-order valence-corrected chi connectivity index (χ3v) is 1.71. The second kappa shape index (κ2) is 2.88. The Morgan fingerprint density at radius 1 is 1.17 bits per heavy atom. The fraction of sp³-hybridized carbons (Fsp3) is 0. The van der Waals surface area contributed by atoms with E-state index in [1.807, 2.05) is 0 Å². The zero-order valence-corrected chi connectivity index (χ0v) is 7.16. The SMILES string of the molecule is [2H]c1c([2H])c([2H])c2c(Cl)nc(Cl)nc2c1[2H]. The molecule has 0 unspecified atom stereocenters. The molecule has 2 nitrogen and oxygen atoms in total. The molecule has 0 spiro atoms. The second-order valence-corrected chi connectivity index (χ2v) is 2.70. The van der Waals surface area contributed by atoms with Crippen molar-refractivity contribution in [3.8, 4) is 0 Å². The van der Waals surface area contributed by atoms with Crippen molar-refractivity contribution in [2.45, 2.75) is 0 Å². The normalized spacial score (nSPS) is 15.2. The van der Waals surface area contributed by atoms with Crippen LogP contribution >= 0.6 is 23.2 Å². The molecule has 1 aromatic heterocycles. The van der Waals surface area contributed by atoms with Gasteiger partial charge in [0.15, 0.2) is 0 Å². The first kappa shape index (κ1) is 4.40. The number of para-hydroxylation sites is 1. The van der Waals surface area contributed by atoms with Crippen LogP contribution in [0.3, 0.4) is 0 Å². The van der Waals surface area contributed by atoms with E-state index in [0.29, 0.717) is 0 Å². The largest absolute Gasteiger partial charge is 0.224 e. The zero-order valence-electron chi connectivity index (χ0n) is 9.65. The molecule has 0 saturated heterocycles. The summed E-state index contributed by atoms with van der Waals surface area (Å²) in [4.78, 5) is 7.40. The summed E-state index contributed by atoms with van der Waals surface area (Å²) >= 11 is 11.4. The van der Waals surface area contributed by atoms with Gasteiger partial charge in [0.05, 0.1) is 11.0 Å². The van der Waals surface area contributed by atoms with Crippen LogP contribution in [-0.4, -0.2) is 9.97 Å². The van der Waals surface area contributed by atoms with Crippen molar-refractivity contribution in [1.82, 2.24) is 9.97 Å². The number of hydrogen-bond donors (Lipinski definition) is 0. The van der Waals surface area contributed by atoms with Crippen molar-refractivity contribution < 1.29 is 5.48 Å². The summed E-state index contributed by atoms with van der Waals surface area (Å²) in [6.07, 6.45) is 0. The van der Waals surface area contributed by atoms with Gasteiger partial charge in [-0.2, -0.15) is 0 Å². The van der Waals surface area contributed by atoms with Crippen LogP contribution in [0.5, 0.6) is 0 Å². The maximum Gasteiger partial charge on any atom is 0.224 e. The molecule has 0 amide bonds. The number of aromatic nitrogens is 2. The minimum Gasteiger partial charge on any atom is -0.218 e. The predicted molar refractivity (Wildman–Crippen MR) is 49.6 cm³/mol. The number of nitrogens with zero attached hydrogens (tertiary/aromatic N) is 2. The van der Waals surface area contributed by atoms with Gasteiger partial charge in [-0.15, -0.1) is 0 Å². The maximum absolute atomic E-state index is 7.64. The van der Waals surface area contributed by atoms with Crippen molar-refractivity contribution in [1.29, 1.82) is 0 Å². The smallest absolute Gasteiger partial charge is 0.218 e. The summed E-state index contributed by atoms with van der Waals surface area (Å²) in [6.45, 7) is 0. The van der Waals surface area contributed by atoms with Gasteiger partial charge in [-0.1, -0.05) is 23.7 Å². The van der Waals surface area contributed by atoms with Crippen molar-refractivity contribution in [2.75, 3.05) is 0 Å². The van der Waals surface area contributed by atoms with Crippen LogP contribution < -0.4 is 0 Å². The lowest BCUT2D eigenvalue weighted by molar-refractivity contribution is 1.22. The molecule has 0 atom stereocenters. The van der Waals surface area contributed by atoms with Crippen molar-refractivity contribution in [3.63, 3.8) is 0 Å². The molecule has 0 radical (unpaired) electrons. The first-order chi connectivity index (χ1) is 7.43. The molecule has 0 aliphatic rings. The number of rotatable bonds is 0. The molecule has 0 aliphatic carbocycles. The molecule has 2 aromatic rings. The monoisotopic (exact) mass is 202 g/mol. The molecule has 0 N–H and O–H groups in total. The molecule has 1 heterocycles. The summed E-state index contributed by atoms with van der Waals surface area (Å²) in [5, 5.41) is -0.151. The Kier molecular flexibility index (Phi) is 1.06. The average Bonchev–Trinajstić information content (AvgIpc) is 2.22. The molecule has 0 fully saturated rings. The van der Waals surface area contributed by atoms with E-state index in [1.54, 1.807) is 0 Å². The molecule has 0 saturated carbocycles. The number of benzene rings is 1. The molecule has 1 aromatic carbocycles. The van der Waals surface area contributed by atoms with Gasteiger partial charge in [0, 0.05) is 5.39 Å². The van der Waals surface area contributed by atoms with Crippen LogP contribution in [0.1, 0.15) is 5.48 Å². The number of halogens is 2. The Labute approximate surface area is 84.8 Å². The zero-order chi connectivity index (χ0) is 12.0. The molecular weight excluding hydrogens is 195 g/mol. The van der Waals surface area contributed by atoms with E-state index in [4.69, 9.17) is 28.7 Å². The minimum absolute atomic E-state index is 0.0241. The summed E-state index contributed by atoms with van der Waals surface area (Å²) < 4.78 is 30.2. The van der Waals surface area contributed by atoms with E-state index in [9.17, 15) is 0 Å². The highest BCUT2D eigenvalue weighted by molar-refractivity contribution is 6.35. The van der Waals surface area contributed by atoms with E-state index in [2.05, 4.69) is 9.97 Å². The van der Waals surface area contributed by atoms with Gasteiger partial charge >= 0.3 is 0 Å². The van der Waals surface area contributed by atoms with Crippen molar-refractivity contribution >= 4 is 34.1 Å². The molecule has 2 rings (SSSR count). The Hall–Kier alpha value is -0.860. The molecule has 4 heteroatoms. The van der Waals surface area contributed by atoms with Gasteiger partial charge in [-0.25, -0.2) is 9.97 Å². The van der Waals surface area contributed by atoms with Crippen LogP contribution in [0.25, 0.3) is 10.9 Å². The molecule has 0 aliphatic heterocycles. The van der Waals surface area contributed by atoms with Crippen LogP contribution in [0, 0.1) is 0 Å². The van der Waals surface area contributed by atoms with Crippen molar-refractivity contribution in [3.05, 3.63) is 34.6 Å². The minimum atomic E-state index is -0.372. The first-order valence-electron chi connectivity index (χ1n) is 5.02. The van der Waals surface area contributed by atoms with Gasteiger partial charge in [0.1, 0.15) is 5.15 Å². The lowest BCUT2D eigenvalue weighted by atomic mass is 10.2. The van der Waals surface area contributed by atoms with Crippen LogP contribution in [0.2, 0.25) is 10.4 Å². The van der Waals surface area contributed by atoms with Gasteiger partial charge in [0.25, 0.3) is 0 Å². The highest BCUT2D eigenvalue weighted by atomic mass is 35.5. The number of fused-ring (bicyclic) bond motifs is 1. The Morgan fingerprint density at radius 2 is 1.92 bits per heavy atom. The Bertz CT molecular complexity index is 603. The van der Waals surface area contributed by atoms with Gasteiger partial charge in [-0.05, 0) is 23.7 Å². The van der Waals surface area contributed by atoms with Gasteiger partial charge in [-0.3, -0.25) is 0 Å². The average molecular weight is 203 g/mol. The van der Waals surface area contributed by atoms with Crippen LogP contribution in [-0.2, 0) is 0 Å². The highest BCUT2D eigenvalue weighted by Crippen LogP contribution is 2.20. The summed E-state index contributed by atoms with van der Waals surface area (Å²) in [6, 6.07) is -1.28. The van der Waals surface area contributed by atoms with E-state index in [-0.39, 0.29) is 45.5 Å².